The van der Waals surface area contributed by atoms with Gasteiger partial charge in [-0.2, -0.15) is 0 Å². The molecule has 1 aromatic carbocycles. The molecule has 0 amide bonds. The lowest BCUT2D eigenvalue weighted by molar-refractivity contribution is 0.0590. The predicted octanol–water partition coefficient (Wildman–Crippen LogP) is 2.43. The van der Waals surface area contributed by atoms with Crippen LogP contribution in [0.4, 0.5) is 0 Å². The number of carbonyl (C=O) groups is 1. The van der Waals surface area contributed by atoms with Crippen LogP contribution < -0.4 is 5.56 Å². The van der Waals surface area contributed by atoms with Crippen LogP contribution in [0.25, 0.3) is 16.5 Å². The molecule has 6 nitrogen and oxygen atoms in total. The van der Waals surface area contributed by atoms with E-state index in [1.54, 1.807) is 13.8 Å². The smallest absolute Gasteiger partial charge is 0.358 e. The molecule has 118 valence electrons. The second kappa shape index (κ2) is 5.31. The van der Waals surface area contributed by atoms with E-state index in [0.717, 1.165) is 5.69 Å². The molecule has 3 aromatic rings. The summed E-state index contributed by atoms with van der Waals surface area (Å²) in [6, 6.07) is 9.50. The van der Waals surface area contributed by atoms with Crippen LogP contribution in [0, 0.1) is 13.8 Å². The number of H-pyrrole nitrogens is 1. The molecule has 0 fully saturated rings. The van der Waals surface area contributed by atoms with E-state index in [-0.39, 0.29) is 11.4 Å². The van der Waals surface area contributed by atoms with E-state index in [1.165, 1.54) is 7.11 Å². The number of rotatable bonds is 2. The zero-order chi connectivity index (χ0) is 16.7. The van der Waals surface area contributed by atoms with Gasteiger partial charge in [0.1, 0.15) is 0 Å². The molecule has 0 spiro atoms. The average Bonchev–Trinajstić information content (AvgIpc) is 2.82. The zero-order valence-electron chi connectivity index (χ0n) is 13.0. The number of hydrogen-bond acceptors (Lipinski definition) is 4. The van der Waals surface area contributed by atoms with Gasteiger partial charge >= 0.3 is 5.97 Å². The number of aromatic hydroxyl groups is 1. The monoisotopic (exact) mass is 312 g/mol. The zero-order valence-corrected chi connectivity index (χ0v) is 13.0. The first-order valence-corrected chi connectivity index (χ1v) is 7.08. The second-order valence-electron chi connectivity index (χ2n) is 5.26. The van der Waals surface area contributed by atoms with Crippen LogP contribution >= 0.6 is 0 Å². The van der Waals surface area contributed by atoms with E-state index in [4.69, 9.17) is 0 Å². The highest BCUT2D eigenvalue weighted by Crippen LogP contribution is 2.34. The third-order valence-electron chi connectivity index (χ3n) is 3.99. The number of para-hydroxylation sites is 1. The maximum atomic E-state index is 12.4. The summed E-state index contributed by atoms with van der Waals surface area (Å²) in [5, 5.41) is 11.2. The molecular weight excluding hydrogens is 296 g/mol. The number of pyridine rings is 1. The molecule has 0 atom stereocenters. The van der Waals surface area contributed by atoms with Gasteiger partial charge < -0.3 is 19.4 Å². The normalized spacial score (nSPS) is 10.9. The van der Waals surface area contributed by atoms with E-state index in [9.17, 15) is 14.7 Å². The van der Waals surface area contributed by atoms with Crippen LogP contribution in [-0.4, -0.2) is 27.7 Å². The minimum absolute atomic E-state index is 0.238. The van der Waals surface area contributed by atoms with Crippen molar-refractivity contribution in [1.82, 2.24) is 9.55 Å². The van der Waals surface area contributed by atoms with Gasteiger partial charge in [-0.25, -0.2) is 4.79 Å². The number of fused-ring (bicyclic) bond motifs is 1. The summed E-state index contributed by atoms with van der Waals surface area (Å²) in [4.78, 5) is 26.6. The minimum Gasteiger partial charge on any atom is -0.505 e. The van der Waals surface area contributed by atoms with Crippen molar-refractivity contribution in [2.45, 2.75) is 13.8 Å². The number of aryl methyl sites for hydroxylation is 2. The molecule has 6 heteroatoms. The number of benzene rings is 1. The number of methoxy groups -OCH3 is 1. The van der Waals surface area contributed by atoms with Crippen molar-refractivity contribution in [2.75, 3.05) is 7.11 Å². The summed E-state index contributed by atoms with van der Waals surface area (Å²) in [6.45, 7) is 3.59. The Labute approximate surface area is 131 Å². The summed E-state index contributed by atoms with van der Waals surface area (Å²) >= 11 is 0. The topological polar surface area (TPSA) is 84.3 Å². The molecule has 2 aromatic heterocycles. The van der Waals surface area contributed by atoms with E-state index in [0.29, 0.717) is 22.2 Å². The van der Waals surface area contributed by atoms with E-state index >= 15 is 0 Å². The first kappa shape index (κ1) is 14.9. The SMILES string of the molecule is COC(=O)c1[nH]c(=O)c2c(C)n(-c3ccccc3)c(C)c2c1O. The van der Waals surface area contributed by atoms with E-state index in [1.807, 2.05) is 34.9 Å². The fourth-order valence-corrected chi connectivity index (χ4v) is 2.98. The lowest BCUT2D eigenvalue weighted by Gasteiger charge is -2.08. The second-order valence-corrected chi connectivity index (χ2v) is 5.26. The molecule has 0 unspecified atom stereocenters. The number of nitrogens with one attached hydrogen (secondary N) is 1. The van der Waals surface area contributed by atoms with Gasteiger partial charge in [0.25, 0.3) is 5.56 Å². The van der Waals surface area contributed by atoms with Gasteiger partial charge in [-0.15, -0.1) is 0 Å². The molecule has 3 rings (SSSR count). The summed E-state index contributed by atoms with van der Waals surface area (Å²) in [6.07, 6.45) is 0. The summed E-state index contributed by atoms with van der Waals surface area (Å²) in [7, 11) is 1.19. The van der Waals surface area contributed by atoms with Crippen LogP contribution in [0.1, 0.15) is 21.9 Å². The quantitative estimate of drug-likeness (QED) is 0.712. The molecule has 0 aliphatic carbocycles. The maximum Gasteiger partial charge on any atom is 0.358 e. The Kier molecular flexibility index (Phi) is 3.44. The fourth-order valence-electron chi connectivity index (χ4n) is 2.98. The molecule has 2 N–H and O–H groups in total. The molecule has 0 saturated carbocycles. The molecule has 0 saturated heterocycles. The standard InChI is InChI=1S/C17H16N2O4/c1-9-12-13(10(2)19(9)11-7-5-4-6-8-11)16(21)18-14(15(12)20)17(22)23-3/h4-8,20H,1-3H3,(H,18,21). The Balaban J connectivity index is 2.45. The third-order valence-corrected chi connectivity index (χ3v) is 3.99. The summed E-state index contributed by atoms with van der Waals surface area (Å²) in [5.41, 5.74) is 1.57. The van der Waals surface area contributed by atoms with Crippen LogP contribution in [-0.2, 0) is 4.74 Å². The number of ether oxygens (including phenoxy) is 1. The number of nitrogens with zero attached hydrogens (tertiary/aromatic N) is 1. The van der Waals surface area contributed by atoms with Crippen molar-refractivity contribution >= 4 is 16.7 Å². The van der Waals surface area contributed by atoms with Crippen LogP contribution in [0.3, 0.4) is 0 Å². The Morgan fingerprint density at radius 1 is 1.13 bits per heavy atom. The van der Waals surface area contributed by atoms with Gasteiger partial charge in [-0.3, -0.25) is 4.79 Å². The van der Waals surface area contributed by atoms with Crippen molar-refractivity contribution < 1.29 is 14.6 Å². The first-order chi connectivity index (χ1) is 11.0. The molecule has 0 aliphatic rings. The van der Waals surface area contributed by atoms with E-state index < -0.39 is 11.5 Å². The molecule has 2 heterocycles. The Hall–Kier alpha value is -3.02. The molecule has 0 aliphatic heterocycles. The Morgan fingerprint density at radius 3 is 2.35 bits per heavy atom. The number of carbonyl (C=O) groups excluding carboxylic acids is 1. The lowest BCUT2D eigenvalue weighted by atomic mass is 10.1. The van der Waals surface area contributed by atoms with Crippen LogP contribution in [0.15, 0.2) is 35.1 Å². The Morgan fingerprint density at radius 2 is 1.74 bits per heavy atom. The van der Waals surface area contributed by atoms with Crippen molar-refractivity contribution in [1.29, 1.82) is 0 Å². The van der Waals surface area contributed by atoms with Crippen molar-refractivity contribution in [2.24, 2.45) is 0 Å². The largest absolute Gasteiger partial charge is 0.505 e. The molecule has 0 radical (unpaired) electrons. The highest BCUT2D eigenvalue weighted by molar-refractivity contribution is 6.01. The van der Waals surface area contributed by atoms with Gasteiger partial charge in [0.2, 0.25) is 0 Å². The first-order valence-electron chi connectivity index (χ1n) is 7.08. The van der Waals surface area contributed by atoms with E-state index in [2.05, 4.69) is 9.72 Å². The van der Waals surface area contributed by atoms with Crippen LogP contribution in [0.2, 0.25) is 0 Å². The lowest BCUT2D eigenvalue weighted by Crippen LogP contribution is -2.14. The Bertz CT molecular complexity index is 968. The molecule has 23 heavy (non-hydrogen) atoms. The summed E-state index contributed by atoms with van der Waals surface area (Å²) < 4.78 is 6.48. The van der Waals surface area contributed by atoms with Crippen LogP contribution in [0.5, 0.6) is 5.75 Å². The highest BCUT2D eigenvalue weighted by Gasteiger charge is 2.24. The van der Waals surface area contributed by atoms with Gasteiger partial charge in [0.05, 0.1) is 17.9 Å². The number of esters is 1. The molecular formula is C17H16N2O4. The number of hydrogen-bond donors (Lipinski definition) is 2. The van der Waals surface area contributed by atoms with Crippen molar-refractivity contribution in [3.8, 4) is 11.4 Å². The maximum absolute atomic E-state index is 12.4. The summed E-state index contributed by atoms with van der Waals surface area (Å²) in [5.74, 6) is -1.06. The predicted molar refractivity (Wildman–Crippen MR) is 86.4 cm³/mol. The average molecular weight is 312 g/mol. The van der Waals surface area contributed by atoms with Crippen molar-refractivity contribution in [3.63, 3.8) is 0 Å². The molecule has 0 bridgehead atoms. The van der Waals surface area contributed by atoms with Gasteiger partial charge in [0, 0.05) is 17.1 Å². The highest BCUT2D eigenvalue weighted by atomic mass is 16.5. The van der Waals surface area contributed by atoms with Gasteiger partial charge in [0.15, 0.2) is 11.4 Å². The van der Waals surface area contributed by atoms with Gasteiger partial charge in [-0.05, 0) is 26.0 Å². The number of aromatic amines is 1. The minimum atomic E-state index is -0.786. The van der Waals surface area contributed by atoms with Gasteiger partial charge in [-0.1, -0.05) is 18.2 Å². The fraction of sp³-hybridized carbons (Fsp3) is 0.176. The van der Waals surface area contributed by atoms with Crippen molar-refractivity contribution in [3.05, 3.63) is 57.8 Å². The third kappa shape index (κ3) is 2.11. The number of aromatic nitrogens is 2.